The van der Waals surface area contributed by atoms with Gasteiger partial charge in [0.2, 0.25) is 0 Å². The Labute approximate surface area is 109 Å². The molecule has 1 heterocycles. The van der Waals surface area contributed by atoms with Gasteiger partial charge < -0.3 is 9.47 Å². The minimum atomic E-state index is 0.697. The number of likely N-dealkylation sites (N-methyl/N-ethyl adjacent to an activating group) is 1. The van der Waals surface area contributed by atoms with Gasteiger partial charge in [0.15, 0.2) is 0 Å². The van der Waals surface area contributed by atoms with Gasteiger partial charge in [0.05, 0.1) is 0 Å². The minimum absolute atomic E-state index is 0.697. The van der Waals surface area contributed by atoms with E-state index < -0.39 is 0 Å². The Bertz CT molecular complexity index is 593. The standard InChI is InChI=1S/C16H22N2/c1-11-6-5-7-15-16(11)13-10-12(17(2)3)8-9-14(13)18(15)4/h5-7,12H,8-10H2,1-4H3. The molecule has 1 aliphatic rings. The Morgan fingerprint density at radius 2 is 2.06 bits per heavy atom. The zero-order chi connectivity index (χ0) is 12.9. The predicted octanol–water partition coefficient (Wildman–Crippen LogP) is 2.91. The fraction of sp³-hybridized carbons (Fsp3) is 0.500. The zero-order valence-corrected chi connectivity index (χ0v) is 11.8. The van der Waals surface area contributed by atoms with E-state index in [1.165, 1.54) is 35.7 Å². The molecule has 0 radical (unpaired) electrons. The van der Waals surface area contributed by atoms with Crippen LogP contribution < -0.4 is 0 Å². The SMILES string of the molecule is Cc1cccc2c1c1c(n2C)CCC(N(C)C)C1. The maximum atomic E-state index is 2.41. The third-order valence-electron chi connectivity index (χ3n) is 4.55. The molecule has 0 saturated carbocycles. The van der Waals surface area contributed by atoms with Crippen molar-refractivity contribution < 1.29 is 0 Å². The molecule has 0 amide bonds. The maximum absolute atomic E-state index is 2.41. The Kier molecular flexibility index (Phi) is 2.70. The summed E-state index contributed by atoms with van der Waals surface area (Å²) in [5, 5.41) is 1.50. The molecule has 1 aromatic heterocycles. The van der Waals surface area contributed by atoms with Gasteiger partial charge in [0.1, 0.15) is 0 Å². The highest BCUT2D eigenvalue weighted by atomic mass is 15.1. The first-order valence-corrected chi connectivity index (χ1v) is 6.81. The summed E-state index contributed by atoms with van der Waals surface area (Å²) in [5.41, 5.74) is 5.97. The lowest BCUT2D eigenvalue weighted by atomic mass is 9.90. The van der Waals surface area contributed by atoms with Crippen LogP contribution in [-0.2, 0) is 19.9 Å². The lowest BCUT2D eigenvalue weighted by Crippen LogP contribution is -2.33. The van der Waals surface area contributed by atoms with Crippen molar-refractivity contribution in [1.82, 2.24) is 9.47 Å². The monoisotopic (exact) mass is 242 g/mol. The summed E-state index contributed by atoms with van der Waals surface area (Å²) < 4.78 is 2.41. The van der Waals surface area contributed by atoms with Crippen LogP contribution in [0.25, 0.3) is 10.9 Å². The van der Waals surface area contributed by atoms with Crippen molar-refractivity contribution in [3.8, 4) is 0 Å². The van der Waals surface area contributed by atoms with E-state index in [2.05, 4.69) is 55.7 Å². The van der Waals surface area contributed by atoms with E-state index in [-0.39, 0.29) is 0 Å². The lowest BCUT2D eigenvalue weighted by Gasteiger charge is -2.29. The van der Waals surface area contributed by atoms with Crippen molar-refractivity contribution in [2.75, 3.05) is 14.1 Å². The van der Waals surface area contributed by atoms with E-state index in [0.29, 0.717) is 6.04 Å². The third kappa shape index (κ3) is 1.59. The number of hydrogen-bond donors (Lipinski definition) is 0. The first-order valence-electron chi connectivity index (χ1n) is 6.81. The summed E-state index contributed by atoms with van der Waals surface area (Å²) in [6, 6.07) is 7.36. The Balaban J connectivity index is 2.21. The van der Waals surface area contributed by atoms with E-state index >= 15 is 0 Å². The highest BCUT2D eigenvalue weighted by Crippen LogP contribution is 2.34. The average molecular weight is 242 g/mol. The molecule has 0 saturated heterocycles. The number of benzene rings is 1. The first kappa shape index (κ1) is 11.8. The smallest absolute Gasteiger partial charge is 0.0485 e. The van der Waals surface area contributed by atoms with Crippen molar-refractivity contribution in [3.05, 3.63) is 35.0 Å². The molecule has 2 heteroatoms. The van der Waals surface area contributed by atoms with Gasteiger partial charge in [-0.2, -0.15) is 0 Å². The van der Waals surface area contributed by atoms with E-state index in [0.717, 1.165) is 0 Å². The summed E-state index contributed by atoms with van der Waals surface area (Å²) in [7, 11) is 6.62. The fourth-order valence-corrected chi connectivity index (χ4v) is 3.44. The van der Waals surface area contributed by atoms with Crippen molar-refractivity contribution in [2.45, 2.75) is 32.2 Å². The molecule has 0 N–H and O–H groups in total. The normalized spacial score (nSPS) is 19.5. The van der Waals surface area contributed by atoms with E-state index in [1.807, 2.05) is 0 Å². The number of nitrogens with zero attached hydrogens (tertiary/aromatic N) is 2. The van der Waals surface area contributed by atoms with Crippen LogP contribution in [0.5, 0.6) is 0 Å². The number of rotatable bonds is 1. The molecule has 1 unspecified atom stereocenters. The second-order valence-corrected chi connectivity index (χ2v) is 5.81. The molecule has 2 aromatic rings. The Morgan fingerprint density at radius 1 is 1.28 bits per heavy atom. The number of aromatic nitrogens is 1. The summed E-state index contributed by atoms with van der Waals surface area (Å²) in [4.78, 5) is 2.38. The minimum Gasteiger partial charge on any atom is -0.347 e. The van der Waals surface area contributed by atoms with E-state index in [9.17, 15) is 0 Å². The topological polar surface area (TPSA) is 8.17 Å². The summed E-state index contributed by atoms with van der Waals surface area (Å²) >= 11 is 0. The quantitative estimate of drug-likeness (QED) is 0.746. The van der Waals surface area contributed by atoms with Crippen LogP contribution in [0.15, 0.2) is 18.2 Å². The molecule has 2 nitrogen and oxygen atoms in total. The molecule has 96 valence electrons. The van der Waals surface area contributed by atoms with Gasteiger partial charge in [-0.25, -0.2) is 0 Å². The summed E-state index contributed by atoms with van der Waals surface area (Å²) in [5.74, 6) is 0. The van der Waals surface area contributed by atoms with Crippen LogP contribution in [-0.4, -0.2) is 29.6 Å². The van der Waals surface area contributed by atoms with Crippen LogP contribution in [0, 0.1) is 6.92 Å². The van der Waals surface area contributed by atoms with Crippen molar-refractivity contribution in [3.63, 3.8) is 0 Å². The first-order chi connectivity index (χ1) is 8.59. The van der Waals surface area contributed by atoms with Gasteiger partial charge in [0, 0.05) is 29.7 Å². The van der Waals surface area contributed by atoms with Gasteiger partial charge >= 0.3 is 0 Å². The van der Waals surface area contributed by atoms with E-state index in [4.69, 9.17) is 0 Å². The second-order valence-electron chi connectivity index (χ2n) is 5.81. The molecule has 0 fully saturated rings. The summed E-state index contributed by atoms with van der Waals surface area (Å²) in [6.07, 6.45) is 3.69. The number of fused-ring (bicyclic) bond motifs is 3. The Morgan fingerprint density at radius 3 is 2.78 bits per heavy atom. The third-order valence-corrected chi connectivity index (χ3v) is 4.55. The molecule has 1 aromatic carbocycles. The largest absolute Gasteiger partial charge is 0.347 e. The van der Waals surface area contributed by atoms with Crippen molar-refractivity contribution in [1.29, 1.82) is 0 Å². The van der Waals surface area contributed by atoms with Gasteiger partial charge in [0.25, 0.3) is 0 Å². The highest BCUT2D eigenvalue weighted by Gasteiger charge is 2.25. The van der Waals surface area contributed by atoms with Gasteiger partial charge in [-0.15, -0.1) is 0 Å². The highest BCUT2D eigenvalue weighted by molar-refractivity contribution is 5.88. The van der Waals surface area contributed by atoms with Gasteiger partial charge in [-0.1, -0.05) is 12.1 Å². The maximum Gasteiger partial charge on any atom is 0.0485 e. The van der Waals surface area contributed by atoms with Crippen LogP contribution in [0.2, 0.25) is 0 Å². The van der Waals surface area contributed by atoms with Crippen LogP contribution in [0.1, 0.15) is 23.2 Å². The van der Waals surface area contributed by atoms with Crippen molar-refractivity contribution in [2.24, 2.45) is 7.05 Å². The zero-order valence-electron chi connectivity index (χ0n) is 11.8. The second kappa shape index (κ2) is 4.13. The van der Waals surface area contributed by atoms with Crippen LogP contribution >= 0.6 is 0 Å². The fourth-order valence-electron chi connectivity index (χ4n) is 3.44. The average Bonchev–Trinajstić information content (AvgIpc) is 2.64. The molecule has 0 aliphatic heterocycles. The van der Waals surface area contributed by atoms with E-state index in [1.54, 1.807) is 11.3 Å². The van der Waals surface area contributed by atoms with Gasteiger partial charge in [-0.3, -0.25) is 0 Å². The molecule has 0 bridgehead atoms. The molecular weight excluding hydrogens is 220 g/mol. The summed E-state index contributed by atoms with van der Waals surface area (Å²) in [6.45, 7) is 2.24. The Hall–Kier alpha value is -1.28. The molecule has 3 rings (SSSR count). The number of hydrogen-bond acceptors (Lipinski definition) is 1. The predicted molar refractivity (Wildman–Crippen MR) is 77.2 cm³/mol. The molecule has 1 aliphatic carbocycles. The molecule has 1 atom stereocenters. The van der Waals surface area contributed by atoms with Crippen LogP contribution in [0.4, 0.5) is 0 Å². The van der Waals surface area contributed by atoms with Crippen molar-refractivity contribution >= 4 is 10.9 Å². The molecule has 18 heavy (non-hydrogen) atoms. The molecular formula is C16H22N2. The molecule has 0 spiro atoms. The lowest BCUT2D eigenvalue weighted by molar-refractivity contribution is 0.267. The van der Waals surface area contributed by atoms with Crippen LogP contribution in [0.3, 0.4) is 0 Å². The number of aryl methyl sites for hydroxylation is 2. The van der Waals surface area contributed by atoms with Gasteiger partial charge in [-0.05, 0) is 57.5 Å².